The second kappa shape index (κ2) is 16.5. The number of nitrogens with zero attached hydrogens (tertiary/aromatic N) is 2. The van der Waals surface area contributed by atoms with Crippen molar-refractivity contribution in [2.75, 3.05) is 11.1 Å². The number of aliphatic hydroxyl groups excluding tert-OH is 1. The molecular formula is C43H40N4O5S. The molecule has 0 saturated carbocycles. The fraction of sp³-hybridized carbons (Fsp3) is 0.209. The molecule has 1 aliphatic heterocycles. The van der Waals surface area contributed by atoms with Crippen LogP contribution in [-0.4, -0.2) is 38.7 Å². The number of hydrogen-bond donors (Lipinski definition) is 3. The topological polar surface area (TPSA) is 123 Å². The third-order valence-corrected chi connectivity index (χ3v) is 10.4. The van der Waals surface area contributed by atoms with E-state index in [0.717, 1.165) is 49.5 Å². The monoisotopic (exact) mass is 724 g/mol. The van der Waals surface area contributed by atoms with Gasteiger partial charge in [0.25, 0.3) is 5.91 Å². The number of carbonyl (C=O) groups is 2. The van der Waals surface area contributed by atoms with Gasteiger partial charge in [0.05, 0.1) is 36.0 Å². The first kappa shape index (κ1) is 36.0. The average molecular weight is 725 g/mol. The summed E-state index contributed by atoms with van der Waals surface area (Å²) in [7, 11) is 0. The zero-order valence-corrected chi connectivity index (χ0v) is 30.3. The van der Waals surface area contributed by atoms with Crippen LogP contribution in [0.25, 0.3) is 22.2 Å². The van der Waals surface area contributed by atoms with Crippen molar-refractivity contribution >= 4 is 40.3 Å². The van der Waals surface area contributed by atoms with E-state index in [9.17, 15) is 14.7 Å². The minimum absolute atomic E-state index is 0.0164. The van der Waals surface area contributed by atoms with Gasteiger partial charge in [0.15, 0.2) is 6.29 Å². The fourth-order valence-corrected chi connectivity index (χ4v) is 7.43. The molecule has 3 N–H and O–H groups in total. The maximum Gasteiger partial charge on any atom is 0.271 e. The van der Waals surface area contributed by atoms with E-state index in [2.05, 4.69) is 45.7 Å². The van der Waals surface area contributed by atoms with Gasteiger partial charge >= 0.3 is 0 Å². The zero-order valence-electron chi connectivity index (χ0n) is 29.4. The number of rotatable bonds is 11. The van der Waals surface area contributed by atoms with Gasteiger partial charge < -0.3 is 25.2 Å². The largest absolute Gasteiger partial charge is 0.392 e. The SMILES string of the molecule is CC(=O)Nc1ccc(SCC2OC(c3ccc(-c4cccc(CNC(=O)c5cnc6ccccc6n5)c4)cc3)OC(c3ccc(CO)cc3)C2C)cc1. The van der Waals surface area contributed by atoms with Crippen LogP contribution in [0.15, 0.2) is 132 Å². The predicted octanol–water partition coefficient (Wildman–Crippen LogP) is 8.26. The second-order valence-corrected chi connectivity index (χ2v) is 14.2. The lowest BCUT2D eigenvalue weighted by Crippen LogP contribution is -2.38. The number of amides is 2. The first-order valence-corrected chi connectivity index (χ1v) is 18.5. The number of aromatic nitrogens is 2. The van der Waals surface area contributed by atoms with Crippen LogP contribution in [0.5, 0.6) is 0 Å². The predicted molar refractivity (Wildman–Crippen MR) is 207 cm³/mol. The molecule has 7 rings (SSSR count). The summed E-state index contributed by atoms with van der Waals surface area (Å²) in [6, 6.07) is 39.5. The number of hydrogen-bond acceptors (Lipinski definition) is 8. The number of carbonyl (C=O) groups excluding carboxylic acids is 2. The molecule has 1 aromatic heterocycles. The van der Waals surface area contributed by atoms with Crippen molar-refractivity contribution in [3.63, 3.8) is 0 Å². The number of thioether (sulfide) groups is 1. The maximum absolute atomic E-state index is 12.9. The van der Waals surface area contributed by atoms with Gasteiger partial charge in [-0.2, -0.15) is 0 Å². The van der Waals surface area contributed by atoms with E-state index < -0.39 is 6.29 Å². The molecule has 1 fully saturated rings. The number of benzene rings is 5. The molecule has 9 nitrogen and oxygen atoms in total. The summed E-state index contributed by atoms with van der Waals surface area (Å²) in [5, 5.41) is 15.4. The van der Waals surface area contributed by atoms with E-state index in [0.29, 0.717) is 17.8 Å². The van der Waals surface area contributed by atoms with E-state index >= 15 is 0 Å². The van der Waals surface area contributed by atoms with Gasteiger partial charge in [-0.1, -0.05) is 85.8 Å². The van der Waals surface area contributed by atoms with Crippen LogP contribution in [0.3, 0.4) is 0 Å². The molecule has 4 atom stereocenters. The molecule has 0 bridgehead atoms. The maximum atomic E-state index is 12.9. The van der Waals surface area contributed by atoms with Crippen LogP contribution < -0.4 is 10.6 Å². The van der Waals surface area contributed by atoms with Gasteiger partial charge in [-0.25, -0.2) is 4.98 Å². The van der Waals surface area contributed by atoms with Gasteiger partial charge in [-0.3, -0.25) is 14.6 Å². The number of nitrogens with one attached hydrogen (secondary N) is 2. The summed E-state index contributed by atoms with van der Waals surface area (Å²) < 4.78 is 13.3. The fourth-order valence-electron chi connectivity index (χ4n) is 6.36. The third kappa shape index (κ3) is 8.81. The summed E-state index contributed by atoms with van der Waals surface area (Å²) >= 11 is 1.71. The summed E-state index contributed by atoms with van der Waals surface area (Å²) in [4.78, 5) is 34.2. The molecule has 0 radical (unpaired) electrons. The van der Waals surface area contributed by atoms with Crippen LogP contribution in [0.4, 0.5) is 5.69 Å². The molecule has 2 amide bonds. The molecule has 1 saturated heterocycles. The van der Waals surface area contributed by atoms with Crippen LogP contribution in [-0.2, 0) is 27.4 Å². The van der Waals surface area contributed by atoms with Crippen LogP contribution in [0, 0.1) is 5.92 Å². The zero-order chi connectivity index (χ0) is 36.7. The number of aliphatic hydroxyl groups is 1. The van der Waals surface area contributed by atoms with Gasteiger partial charge in [-0.05, 0) is 70.3 Å². The Kier molecular flexibility index (Phi) is 11.2. The highest BCUT2D eigenvalue weighted by atomic mass is 32.2. The number of para-hydroxylation sites is 2. The molecule has 10 heteroatoms. The van der Waals surface area contributed by atoms with E-state index in [1.165, 1.54) is 13.1 Å². The van der Waals surface area contributed by atoms with Gasteiger partial charge in [0.2, 0.25) is 5.91 Å². The third-order valence-electron chi connectivity index (χ3n) is 9.29. The normalized spacial score (nSPS) is 18.4. The lowest BCUT2D eigenvalue weighted by molar-refractivity contribution is -0.268. The molecule has 6 aromatic rings. The van der Waals surface area contributed by atoms with Crippen molar-refractivity contribution in [2.45, 2.75) is 50.4 Å². The highest BCUT2D eigenvalue weighted by Gasteiger charge is 2.38. The first-order valence-electron chi connectivity index (χ1n) is 17.5. The van der Waals surface area contributed by atoms with Crippen molar-refractivity contribution in [3.05, 3.63) is 155 Å². The molecular weight excluding hydrogens is 685 g/mol. The Bertz CT molecular complexity index is 2200. The molecule has 1 aliphatic rings. The lowest BCUT2D eigenvalue weighted by atomic mass is 9.91. The first-order chi connectivity index (χ1) is 25.8. The van der Waals surface area contributed by atoms with Gasteiger partial charge in [-0.15, -0.1) is 11.8 Å². The Labute approximate surface area is 312 Å². The lowest BCUT2D eigenvalue weighted by Gasteiger charge is -2.41. The molecule has 0 spiro atoms. The summed E-state index contributed by atoms with van der Waals surface area (Å²) in [6.45, 7) is 3.98. The Morgan fingerprint density at radius 1 is 0.792 bits per heavy atom. The van der Waals surface area contributed by atoms with Crippen molar-refractivity contribution in [1.29, 1.82) is 0 Å². The minimum Gasteiger partial charge on any atom is -0.392 e. The van der Waals surface area contributed by atoms with E-state index in [1.54, 1.807) is 11.8 Å². The quantitative estimate of drug-likeness (QED) is 0.114. The van der Waals surface area contributed by atoms with Crippen molar-refractivity contribution in [2.24, 2.45) is 5.92 Å². The number of ether oxygens (including phenoxy) is 2. The van der Waals surface area contributed by atoms with E-state index in [-0.39, 0.29) is 42.2 Å². The smallest absolute Gasteiger partial charge is 0.271 e. The molecule has 5 aromatic carbocycles. The summed E-state index contributed by atoms with van der Waals surface area (Å²) in [6.07, 6.45) is 0.571. The minimum atomic E-state index is -0.588. The summed E-state index contributed by atoms with van der Waals surface area (Å²) in [5.74, 6) is 0.378. The second-order valence-electron chi connectivity index (χ2n) is 13.1. The summed E-state index contributed by atoms with van der Waals surface area (Å²) in [5.41, 5.74) is 8.26. The van der Waals surface area contributed by atoms with Crippen LogP contribution >= 0.6 is 11.8 Å². The Morgan fingerprint density at radius 2 is 1.53 bits per heavy atom. The number of fused-ring (bicyclic) bond motifs is 1. The van der Waals surface area contributed by atoms with Crippen molar-refractivity contribution < 1.29 is 24.2 Å². The molecule has 53 heavy (non-hydrogen) atoms. The Hall–Kier alpha value is -5.39. The van der Waals surface area contributed by atoms with E-state index in [4.69, 9.17) is 9.47 Å². The number of anilines is 1. The molecule has 2 heterocycles. The highest BCUT2D eigenvalue weighted by Crippen LogP contribution is 2.43. The molecule has 268 valence electrons. The van der Waals surface area contributed by atoms with Crippen LogP contribution in [0.2, 0.25) is 0 Å². The molecule has 0 aliphatic carbocycles. The standard InChI is InChI=1S/C43H40N4O5S/c1-27-40(26-53-36-20-18-35(19-21-36)46-28(2)49)51-43(52-41(27)32-12-10-29(25-48)11-13-32)33-16-14-31(15-17-33)34-7-5-6-30(22-34)23-45-42(50)39-24-44-37-8-3-4-9-38(37)47-39/h3-22,24,27,40-41,43,48H,23,25-26H2,1-2H3,(H,45,50)(H,46,49). The Balaban J connectivity index is 1.04. The average Bonchev–Trinajstić information content (AvgIpc) is 3.20. The van der Waals surface area contributed by atoms with Crippen molar-refractivity contribution in [3.8, 4) is 11.1 Å². The van der Waals surface area contributed by atoms with E-state index in [1.807, 2.05) is 103 Å². The van der Waals surface area contributed by atoms with Crippen LogP contribution in [0.1, 0.15) is 59.0 Å². The molecule has 4 unspecified atom stereocenters. The van der Waals surface area contributed by atoms with Gasteiger partial charge in [0.1, 0.15) is 5.69 Å². The Morgan fingerprint density at radius 3 is 2.26 bits per heavy atom. The van der Waals surface area contributed by atoms with Gasteiger partial charge in [0, 0.05) is 41.3 Å². The van der Waals surface area contributed by atoms with Crippen molar-refractivity contribution in [1.82, 2.24) is 15.3 Å². The highest BCUT2D eigenvalue weighted by molar-refractivity contribution is 7.99.